The molecular formula is C26H29N5O2. The Balaban J connectivity index is 1.26. The van der Waals surface area contributed by atoms with Gasteiger partial charge in [0.15, 0.2) is 0 Å². The van der Waals surface area contributed by atoms with Crippen molar-refractivity contribution in [2.45, 2.75) is 31.3 Å². The van der Waals surface area contributed by atoms with Crippen molar-refractivity contribution in [1.29, 1.82) is 0 Å². The van der Waals surface area contributed by atoms with E-state index in [0.717, 1.165) is 48.5 Å². The molecule has 2 aromatic heterocycles. The molecule has 2 aliphatic rings. The zero-order valence-corrected chi connectivity index (χ0v) is 19.1. The molecule has 7 heteroatoms. The largest absolute Gasteiger partial charge is 0.490 e. The van der Waals surface area contributed by atoms with Crippen LogP contribution in [0.15, 0.2) is 48.9 Å². The summed E-state index contributed by atoms with van der Waals surface area (Å²) < 4.78 is 7.90. The number of nitrogens with zero attached hydrogens (tertiary/aromatic N) is 4. The smallest absolute Gasteiger partial charge is 0.256 e. The Bertz CT molecular complexity index is 1260. The summed E-state index contributed by atoms with van der Waals surface area (Å²) >= 11 is 0. The summed E-state index contributed by atoms with van der Waals surface area (Å²) in [5.74, 6) is 1.44. The fraction of sp³-hybridized carbons (Fsp3) is 0.346. The van der Waals surface area contributed by atoms with Gasteiger partial charge in [0, 0.05) is 44.0 Å². The standard InChI is InChI=1S/C26H29N5O2/c1-30-11-9-24(10-12-30)33-23-7-5-18(6-8-23)26(32)29-25-14-21-13-19(3-4-20(21)15-27-25)22-16-28-31(2)17-22/h4-8,13-17,19,24H,3,9-12H2,1-2H3,(H,29,32). The zero-order chi connectivity index (χ0) is 22.8. The summed E-state index contributed by atoms with van der Waals surface area (Å²) in [5, 5.41) is 9.37. The Labute approximate surface area is 193 Å². The molecule has 33 heavy (non-hydrogen) atoms. The summed E-state index contributed by atoms with van der Waals surface area (Å²) in [7, 11) is 4.06. The molecule has 1 N–H and O–H groups in total. The van der Waals surface area contributed by atoms with Gasteiger partial charge >= 0.3 is 0 Å². The van der Waals surface area contributed by atoms with Gasteiger partial charge in [-0.1, -0.05) is 12.2 Å². The first-order valence-corrected chi connectivity index (χ1v) is 11.5. The second kappa shape index (κ2) is 9.19. The predicted octanol–water partition coefficient (Wildman–Crippen LogP) is 2.29. The average Bonchev–Trinajstić information content (AvgIpc) is 3.27. The number of aromatic nitrogens is 3. The number of amides is 1. The summed E-state index contributed by atoms with van der Waals surface area (Å²) in [6.07, 6.45) is 13.4. The summed E-state index contributed by atoms with van der Waals surface area (Å²) in [4.78, 5) is 19.5. The number of pyridine rings is 1. The van der Waals surface area contributed by atoms with Crippen LogP contribution in [0.25, 0.3) is 12.2 Å². The highest BCUT2D eigenvalue weighted by Gasteiger charge is 2.18. The molecule has 5 rings (SSSR count). The highest BCUT2D eigenvalue weighted by molar-refractivity contribution is 6.03. The van der Waals surface area contributed by atoms with E-state index in [-0.39, 0.29) is 17.9 Å². The van der Waals surface area contributed by atoms with Crippen molar-refractivity contribution in [1.82, 2.24) is 19.7 Å². The number of fused-ring (bicyclic) bond motifs is 1. The third kappa shape index (κ3) is 4.98. The highest BCUT2D eigenvalue weighted by Crippen LogP contribution is 2.23. The Morgan fingerprint density at radius 2 is 1.88 bits per heavy atom. The van der Waals surface area contributed by atoms with Crippen LogP contribution in [0.4, 0.5) is 5.82 Å². The average molecular weight is 444 g/mol. The van der Waals surface area contributed by atoms with Crippen molar-refractivity contribution in [3.8, 4) is 5.75 Å². The van der Waals surface area contributed by atoms with Gasteiger partial charge in [-0.25, -0.2) is 4.98 Å². The number of anilines is 1. The molecule has 1 aliphatic heterocycles. The van der Waals surface area contributed by atoms with Crippen LogP contribution in [0.5, 0.6) is 5.75 Å². The Hall–Kier alpha value is -3.45. The number of rotatable bonds is 5. The molecule has 1 aromatic carbocycles. The quantitative estimate of drug-likeness (QED) is 0.655. The zero-order valence-electron chi connectivity index (χ0n) is 19.1. The highest BCUT2D eigenvalue weighted by atomic mass is 16.5. The van der Waals surface area contributed by atoms with Crippen molar-refractivity contribution in [2.75, 3.05) is 25.5 Å². The van der Waals surface area contributed by atoms with Gasteiger partial charge < -0.3 is 15.0 Å². The maximum atomic E-state index is 12.8. The number of carbonyl (C=O) groups excluding carboxylic acids is 1. The number of benzene rings is 1. The van der Waals surface area contributed by atoms with Crippen LogP contribution in [0.3, 0.4) is 0 Å². The minimum atomic E-state index is -0.183. The number of nitrogens with one attached hydrogen (secondary N) is 1. The lowest BCUT2D eigenvalue weighted by Crippen LogP contribution is -2.35. The molecule has 1 saturated heterocycles. The predicted molar refractivity (Wildman–Crippen MR) is 129 cm³/mol. The monoisotopic (exact) mass is 443 g/mol. The lowest BCUT2D eigenvalue weighted by Gasteiger charge is -2.29. The molecule has 0 spiro atoms. The SMILES string of the molecule is CN1CCC(Oc2ccc(C(=O)Nc3cc4c(cn3)=CCC(c3cnn(C)c3)C=4)cc2)CC1. The molecule has 1 aliphatic carbocycles. The maximum Gasteiger partial charge on any atom is 0.256 e. The van der Waals surface area contributed by atoms with Crippen LogP contribution in [0.2, 0.25) is 0 Å². The second-order valence-corrected chi connectivity index (χ2v) is 8.96. The first kappa shape index (κ1) is 21.4. The molecule has 3 heterocycles. The first-order chi connectivity index (χ1) is 16.0. The fourth-order valence-corrected chi connectivity index (χ4v) is 4.44. The third-order valence-electron chi connectivity index (χ3n) is 6.42. The number of hydrogen-bond acceptors (Lipinski definition) is 5. The molecule has 170 valence electrons. The Morgan fingerprint density at radius 3 is 2.61 bits per heavy atom. The van der Waals surface area contributed by atoms with Crippen molar-refractivity contribution in [3.63, 3.8) is 0 Å². The van der Waals surface area contributed by atoms with Crippen molar-refractivity contribution >= 4 is 23.9 Å². The van der Waals surface area contributed by atoms with Gasteiger partial charge in [0.25, 0.3) is 5.91 Å². The Kier molecular flexibility index (Phi) is 5.96. The van der Waals surface area contributed by atoms with E-state index in [4.69, 9.17) is 4.74 Å². The van der Waals surface area contributed by atoms with Crippen LogP contribution < -0.4 is 20.5 Å². The van der Waals surface area contributed by atoms with E-state index in [1.54, 1.807) is 12.1 Å². The molecule has 3 aromatic rings. The van der Waals surface area contributed by atoms with Crippen LogP contribution in [-0.4, -0.2) is 51.8 Å². The molecule has 1 amide bonds. The van der Waals surface area contributed by atoms with Gasteiger partial charge in [0.1, 0.15) is 17.7 Å². The van der Waals surface area contributed by atoms with Gasteiger partial charge in [-0.05, 0) is 72.6 Å². The molecule has 1 unspecified atom stereocenters. The number of carbonyl (C=O) groups is 1. The first-order valence-electron chi connectivity index (χ1n) is 11.5. The van der Waals surface area contributed by atoms with E-state index in [1.165, 1.54) is 5.56 Å². The van der Waals surface area contributed by atoms with Gasteiger partial charge in [0.05, 0.1) is 6.20 Å². The van der Waals surface area contributed by atoms with Crippen LogP contribution in [0, 0.1) is 0 Å². The number of likely N-dealkylation sites (tertiary alicyclic amines) is 1. The molecule has 0 bridgehead atoms. The van der Waals surface area contributed by atoms with Gasteiger partial charge in [-0.3, -0.25) is 9.48 Å². The maximum absolute atomic E-state index is 12.8. The lowest BCUT2D eigenvalue weighted by molar-refractivity contribution is 0.102. The number of hydrogen-bond donors (Lipinski definition) is 1. The van der Waals surface area contributed by atoms with E-state index >= 15 is 0 Å². The van der Waals surface area contributed by atoms with E-state index in [1.807, 2.05) is 48.5 Å². The molecular weight excluding hydrogens is 414 g/mol. The van der Waals surface area contributed by atoms with Crippen molar-refractivity contribution in [2.24, 2.45) is 7.05 Å². The minimum Gasteiger partial charge on any atom is -0.490 e. The normalized spacial score (nSPS) is 18.7. The van der Waals surface area contributed by atoms with E-state index in [2.05, 4.69) is 39.5 Å². The number of ether oxygens (including phenoxy) is 1. The van der Waals surface area contributed by atoms with E-state index < -0.39 is 0 Å². The lowest BCUT2D eigenvalue weighted by atomic mass is 9.93. The number of aryl methyl sites for hydroxylation is 1. The summed E-state index contributed by atoms with van der Waals surface area (Å²) in [6, 6.07) is 9.28. The molecule has 1 fully saturated rings. The second-order valence-electron chi connectivity index (χ2n) is 8.96. The third-order valence-corrected chi connectivity index (χ3v) is 6.42. The van der Waals surface area contributed by atoms with Crippen LogP contribution >= 0.6 is 0 Å². The topological polar surface area (TPSA) is 72.3 Å². The van der Waals surface area contributed by atoms with Crippen molar-refractivity contribution < 1.29 is 9.53 Å². The number of piperidine rings is 1. The summed E-state index contributed by atoms with van der Waals surface area (Å²) in [6.45, 7) is 2.11. The molecule has 7 nitrogen and oxygen atoms in total. The van der Waals surface area contributed by atoms with E-state index in [9.17, 15) is 4.79 Å². The molecule has 0 saturated carbocycles. The van der Waals surface area contributed by atoms with Gasteiger partial charge in [-0.2, -0.15) is 5.10 Å². The van der Waals surface area contributed by atoms with E-state index in [0.29, 0.717) is 11.4 Å². The molecule has 1 atom stereocenters. The fourth-order valence-electron chi connectivity index (χ4n) is 4.44. The van der Waals surface area contributed by atoms with Crippen LogP contribution in [-0.2, 0) is 7.05 Å². The Morgan fingerprint density at radius 1 is 1.09 bits per heavy atom. The molecule has 0 radical (unpaired) electrons. The summed E-state index contributed by atoms with van der Waals surface area (Å²) in [5.41, 5.74) is 1.76. The van der Waals surface area contributed by atoms with Gasteiger partial charge in [0.2, 0.25) is 0 Å². The van der Waals surface area contributed by atoms with Crippen molar-refractivity contribution in [3.05, 3.63) is 70.5 Å². The van der Waals surface area contributed by atoms with Gasteiger partial charge in [-0.15, -0.1) is 0 Å². The van der Waals surface area contributed by atoms with Crippen LogP contribution in [0.1, 0.15) is 41.1 Å². The minimum absolute atomic E-state index is 0.183.